The van der Waals surface area contributed by atoms with E-state index in [-0.39, 0.29) is 53.3 Å². The number of halogens is 6. The van der Waals surface area contributed by atoms with E-state index in [2.05, 4.69) is 161 Å². The average Bonchev–Trinajstić information content (AvgIpc) is 1.61. The highest BCUT2D eigenvalue weighted by Gasteiger charge is 2.30. The number of pyridine rings is 5. The van der Waals surface area contributed by atoms with Crippen molar-refractivity contribution in [2.45, 2.75) is 132 Å². The minimum absolute atomic E-state index is 0.0212. The monoisotopic (exact) mass is 2080 g/mol. The number of nitrogens with one attached hydrogen (secondary N) is 6. The van der Waals surface area contributed by atoms with Crippen molar-refractivity contribution < 1.29 is 28.7 Å². The predicted molar refractivity (Wildman–Crippen MR) is 610 cm³/mol. The summed E-state index contributed by atoms with van der Waals surface area (Å²) in [5.41, 5.74) is 28.9. The molecule has 19 rings (SSSR count). The van der Waals surface area contributed by atoms with Gasteiger partial charge in [0, 0.05) is 188 Å². The summed E-state index contributed by atoms with van der Waals surface area (Å²) in [5.74, 6) is 0.102. The van der Waals surface area contributed by atoms with Crippen molar-refractivity contribution in [1.29, 1.82) is 0 Å². The van der Waals surface area contributed by atoms with Crippen LogP contribution < -0.4 is 31.3 Å². The van der Waals surface area contributed by atoms with Crippen molar-refractivity contribution in [3.8, 4) is 61.4 Å². The molecule has 6 N–H and O–H groups in total. The predicted octanol–water partition coefficient (Wildman–Crippen LogP) is 31.2. The molecule has 8 heterocycles. The highest BCUT2D eigenvalue weighted by molar-refractivity contribution is 6.36. The second kappa shape index (κ2) is 50.2. The number of hydrogen-bond acceptors (Lipinski definition) is 12. The van der Waals surface area contributed by atoms with E-state index in [0.717, 1.165) is 160 Å². The Bertz CT molecular complexity index is 7560. The van der Waals surface area contributed by atoms with Gasteiger partial charge in [0.2, 0.25) is 29.5 Å². The second-order valence-electron chi connectivity index (χ2n) is 38.0. The molecular weight excluding hydrogens is 1970 g/mol. The molecule has 4 atom stereocenters. The molecule has 0 bridgehead atoms. The van der Waals surface area contributed by atoms with Crippen molar-refractivity contribution in [3.05, 3.63) is 420 Å². The van der Waals surface area contributed by atoms with Crippen LogP contribution in [-0.4, -0.2) is 88.6 Å². The fourth-order valence-corrected chi connectivity index (χ4v) is 19.9. The first-order valence-corrected chi connectivity index (χ1v) is 51.4. The number of aromatic nitrogens is 7. The summed E-state index contributed by atoms with van der Waals surface area (Å²) in [7, 11) is 3.72. The number of ether oxygens (including phenoxy) is 1. The van der Waals surface area contributed by atoms with E-state index in [0.29, 0.717) is 67.0 Å². The molecule has 19 nitrogen and oxygen atoms in total. The van der Waals surface area contributed by atoms with E-state index in [1.54, 1.807) is 62.2 Å². The van der Waals surface area contributed by atoms with E-state index in [4.69, 9.17) is 74.3 Å². The van der Waals surface area contributed by atoms with Gasteiger partial charge in [0.1, 0.15) is 5.75 Å². The summed E-state index contributed by atoms with van der Waals surface area (Å²) in [6.07, 6.45) is 11.7. The number of carbonyl (C=O) groups is 5. The van der Waals surface area contributed by atoms with Crippen LogP contribution in [0.2, 0.25) is 30.1 Å². The molecule has 11 aromatic carbocycles. The van der Waals surface area contributed by atoms with Crippen molar-refractivity contribution in [2.24, 2.45) is 18.9 Å². The number of benzene rings is 11. The van der Waals surface area contributed by atoms with Crippen LogP contribution in [0.3, 0.4) is 0 Å². The lowest BCUT2D eigenvalue weighted by molar-refractivity contribution is -0.121. The van der Waals surface area contributed by atoms with Gasteiger partial charge in [0.25, 0.3) is 0 Å². The largest absolute Gasteiger partial charge is 0.496 e. The molecule has 0 aliphatic carbocycles. The topological polar surface area (TPSA) is 243 Å². The fraction of sp³-hybridized carbons (Fsp3) is 0.203. The van der Waals surface area contributed by atoms with Crippen LogP contribution >= 0.6 is 69.6 Å². The highest BCUT2D eigenvalue weighted by Crippen LogP contribution is 2.39. The lowest BCUT2D eigenvalue weighted by Crippen LogP contribution is -2.44. The quantitative estimate of drug-likeness (QED) is 0.0313. The first-order chi connectivity index (χ1) is 71.2. The van der Waals surface area contributed by atoms with Crippen LogP contribution in [0.15, 0.2) is 328 Å². The molecule has 18 aromatic rings. The molecule has 0 saturated carbocycles. The fourth-order valence-electron chi connectivity index (χ4n) is 18.2. The van der Waals surface area contributed by atoms with Crippen LogP contribution in [0.1, 0.15) is 134 Å². The molecule has 7 aromatic heterocycles. The third kappa shape index (κ3) is 28.8. The first-order valence-electron chi connectivity index (χ1n) is 49.1. The van der Waals surface area contributed by atoms with Gasteiger partial charge in [-0.15, -0.1) is 0 Å². The van der Waals surface area contributed by atoms with Crippen molar-refractivity contribution in [1.82, 2.24) is 39.4 Å². The molecule has 0 saturated heterocycles. The maximum absolute atomic E-state index is 13.1. The SMILES string of the molecule is COc1cc(NC(=O)[C@@H](C)N2CCc3c([nH]c4ccccc34)C2)ccc1-c1ccnc(C)c1.Cc1cc(-c2ccc(NC(=O)C(C)c3cc(Cl)cc(Cl)c3)cc2)ccn1.Cc1cc(-c2ccc(NC(=O)C(CC(C)C)c3cc(Cl)cc(Cl)c3)cc2)ccn1.Cc1cc(-c2ccc(NC(=O)C(CC(C)C)c3cc(Cl)cc(Cl)c3)cc2)ccn1.Cc1cc(-c2ccc(NC(=O)Cc3ccc4c(c3)c3ccccc3n4C)cc2)ccn1. The van der Waals surface area contributed by atoms with E-state index < -0.39 is 0 Å². The average molecular weight is 2090 g/mol. The number of para-hydroxylation sites is 2. The third-order valence-corrected chi connectivity index (χ3v) is 27.1. The Kier molecular flexibility index (Phi) is 36.5. The summed E-state index contributed by atoms with van der Waals surface area (Å²) in [5, 5.41) is 21.9. The van der Waals surface area contributed by atoms with Gasteiger partial charge in [-0.3, -0.25) is 53.8 Å². The maximum atomic E-state index is 13.1. The molecule has 148 heavy (non-hydrogen) atoms. The molecule has 1 aliphatic heterocycles. The number of aryl methyl sites for hydroxylation is 6. The minimum atomic E-state index is -0.367. The summed E-state index contributed by atoms with van der Waals surface area (Å²) < 4.78 is 7.82. The van der Waals surface area contributed by atoms with E-state index >= 15 is 0 Å². The smallest absolute Gasteiger partial charge is 0.241 e. The van der Waals surface area contributed by atoms with Gasteiger partial charge in [-0.1, -0.05) is 188 Å². The van der Waals surface area contributed by atoms with Gasteiger partial charge in [-0.2, -0.15) is 0 Å². The number of fused-ring (bicyclic) bond motifs is 6. The molecule has 0 radical (unpaired) electrons. The second-order valence-corrected chi connectivity index (χ2v) is 40.6. The van der Waals surface area contributed by atoms with E-state index in [1.807, 2.05) is 261 Å². The number of aromatic amines is 1. The Morgan fingerprint density at radius 1 is 0.365 bits per heavy atom. The van der Waals surface area contributed by atoms with Crippen LogP contribution in [-0.2, 0) is 50.4 Å². The molecule has 0 spiro atoms. The van der Waals surface area contributed by atoms with Gasteiger partial charge >= 0.3 is 0 Å². The molecular formula is C123H117Cl6N13O6. The van der Waals surface area contributed by atoms with Crippen LogP contribution in [0.25, 0.3) is 88.3 Å². The van der Waals surface area contributed by atoms with Crippen LogP contribution in [0.5, 0.6) is 5.75 Å². The van der Waals surface area contributed by atoms with Crippen molar-refractivity contribution in [2.75, 3.05) is 40.2 Å². The molecule has 752 valence electrons. The zero-order valence-electron chi connectivity index (χ0n) is 84.7. The number of H-pyrrole nitrogens is 1. The minimum Gasteiger partial charge on any atom is -0.496 e. The van der Waals surface area contributed by atoms with Gasteiger partial charge < -0.3 is 40.9 Å². The zero-order chi connectivity index (χ0) is 105. The Hall–Kier alpha value is -14.6. The first kappa shape index (κ1) is 108. The van der Waals surface area contributed by atoms with E-state index in [9.17, 15) is 24.0 Å². The number of hydrogen-bond donors (Lipinski definition) is 6. The number of nitrogens with zero attached hydrogens (tertiary/aromatic N) is 7. The Morgan fingerprint density at radius 3 is 1.16 bits per heavy atom. The third-order valence-electron chi connectivity index (χ3n) is 25.8. The normalized spacial score (nSPS) is 12.4. The molecule has 0 fully saturated rings. The van der Waals surface area contributed by atoms with Crippen molar-refractivity contribution in [3.63, 3.8) is 0 Å². The zero-order valence-corrected chi connectivity index (χ0v) is 89.3. The number of amides is 5. The van der Waals surface area contributed by atoms with E-state index in [1.165, 1.54) is 38.4 Å². The molecule has 25 heteroatoms. The summed E-state index contributed by atoms with van der Waals surface area (Å²) in [4.78, 5) is 91.3. The number of carbonyl (C=O) groups excluding carboxylic acids is 5. The molecule has 5 amide bonds. The number of rotatable bonds is 25. The van der Waals surface area contributed by atoms with Crippen molar-refractivity contribution >= 4 is 160 Å². The molecule has 1 aliphatic rings. The standard InChI is InChI=1S/C27H28N4O2.C27H23N3O.2C24H24Cl2N2O.C21H18Cl2N2O/c1-17-14-19(10-12-28-17)21-9-8-20(15-26(21)33-3)29-27(32)18(2)31-13-11-23-22-6-4-5-7-24(22)30-25(23)16-31;1-18-15-21(13-14-28-18)20-8-10-22(11-9-20)29-27(31)17-19-7-12-26-24(16-19)23-5-3-4-6-25(23)30(26)2;2*1-15(2)10-23(19-12-20(25)14-21(26)13-19)24(29)28-22-6-4-17(5-7-22)18-8-9-27-16(3)11-18;1-13-9-16(7-8-24-13)15-3-5-20(6-4-15)25-21(26)14(2)17-10-18(22)12-19(23)11-17/h4-10,12,14-15,18,30H,11,13,16H2,1-3H3,(H,29,32);3-16H,17H2,1-2H3,(H,29,31);2*4-9,11-15,23H,10H2,1-3H3,(H,28,29);3-12,14H,1-2H3,(H,25,26)/t18-;;;;/m1..../s1. The summed E-state index contributed by atoms with van der Waals surface area (Å²) in [6.45, 7) is 23.6. The summed E-state index contributed by atoms with van der Waals surface area (Å²) >= 11 is 36.7. The van der Waals surface area contributed by atoms with Crippen LogP contribution in [0.4, 0.5) is 28.4 Å². The summed E-state index contributed by atoms with van der Waals surface area (Å²) in [6, 6.07) is 95.7. The van der Waals surface area contributed by atoms with Gasteiger partial charge in [-0.25, -0.2) is 0 Å². The number of anilines is 5. The Morgan fingerprint density at radius 2 is 0.736 bits per heavy atom. The lowest BCUT2D eigenvalue weighted by Gasteiger charge is -2.31. The highest BCUT2D eigenvalue weighted by atomic mass is 35.5. The maximum Gasteiger partial charge on any atom is 0.241 e. The Balaban J connectivity index is 0.000000139. The van der Waals surface area contributed by atoms with Gasteiger partial charge in [0.15, 0.2) is 0 Å². The van der Waals surface area contributed by atoms with Crippen LogP contribution in [0, 0.1) is 46.5 Å². The Labute approximate surface area is 894 Å². The molecule has 3 unspecified atom stereocenters. The number of methoxy groups -OCH3 is 1. The lowest BCUT2D eigenvalue weighted by atomic mass is 9.89. The van der Waals surface area contributed by atoms with Gasteiger partial charge in [0.05, 0.1) is 37.3 Å². The van der Waals surface area contributed by atoms with Gasteiger partial charge in [-0.05, 0) is 358 Å².